The van der Waals surface area contributed by atoms with Crippen LogP contribution in [0.5, 0.6) is 0 Å². The van der Waals surface area contributed by atoms with Crippen molar-refractivity contribution < 1.29 is 28.6 Å². The molecule has 1 unspecified atom stereocenters. The van der Waals surface area contributed by atoms with Gasteiger partial charge in [0.1, 0.15) is 13.2 Å². The molecule has 454 valence electrons. The predicted molar refractivity (Wildman–Crippen MR) is 339 cm³/mol. The van der Waals surface area contributed by atoms with Gasteiger partial charge in [-0.3, -0.25) is 14.4 Å². The molecule has 0 heterocycles. The van der Waals surface area contributed by atoms with Gasteiger partial charge in [0, 0.05) is 19.3 Å². The Morgan fingerprint density at radius 1 is 0.256 bits per heavy atom. The molecular weight excluding hydrogens is 961 g/mol. The third kappa shape index (κ3) is 63.9. The lowest BCUT2D eigenvalue weighted by Gasteiger charge is -2.18. The van der Waals surface area contributed by atoms with E-state index < -0.39 is 6.10 Å². The fraction of sp³-hybridized carbons (Fsp3) is 0.819. The molecular formula is C72H130O6. The van der Waals surface area contributed by atoms with Crippen molar-refractivity contribution in [2.24, 2.45) is 0 Å². The third-order valence-electron chi connectivity index (χ3n) is 15.2. The molecule has 0 aliphatic heterocycles. The van der Waals surface area contributed by atoms with Crippen molar-refractivity contribution in [2.45, 2.75) is 367 Å². The molecule has 0 radical (unpaired) electrons. The summed E-state index contributed by atoms with van der Waals surface area (Å²) in [6.07, 6.45) is 85.2. The van der Waals surface area contributed by atoms with Gasteiger partial charge in [-0.1, -0.05) is 313 Å². The number of carbonyl (C=O) groups is 3. The van der Waals surface area contributed by atoms with E-state index in [1.807, 2.05) is 0 Å². The Morgan fingerprint density at radius 2 is 0.462 bits per heavy atom. The Bertz CT molecular complexity index is 1390. The Morgan fingerprint density at radius 3 is 0.731 bits per heavy atom. The quantitative estimate of drug-likeness (QED) is 0.0261. The Hall–Kier alpha value is -2.89. The van der Waals surface area contributed by atoms with Gasteiger partial charge >= 0.3 is 17.9 Å². The van der Waals surface area contributed by atoms with Crippen LogP contribution in [-0.2, 0) is 28.6 Å². The lowest BCUT2D eigenvalue weighted by atomic mass is 10.0. The van der Waals surface area contributed by atoms with Crippen LogP contribution in [0.3, 0.4) is 0 Å². The average Bonchev–Trinajstić information content (AvgIpc) is 3.44. The van der Waals surface area contributed by atoms with Crippen LogP contribution in [0, 0.1) is 0 Å². The van der Waals surface area contributed by atoms with Gasteiger partial charge in [0.2, 0.25) is 0 Å². The van der Waals surface area contributed by atoms with E-state index >= 15 is 0 Å². The van der Waals surface area contributed by atoms with E-state index in [1.54, 1.807) is 0 Å². The van der Waals surface area contributed by atoms with Gasteiger partial charge < -0.3 is 14.2 Å². The number of rotatable bonds is 63. The van der Waals surface area contributed by atoms with Gasteiger partial charge in [0.15, 0.2) is 6.10 Å². The molecule has 0 amide bonds. The first-order chi connectivity index (χ1) is 38.5. The lowest BCUT2D eigenvalue weighted by Crippen LogP contribution is -2.30. The van der Waals surface area contributed by atoms with Crippen LogP contribution in [0.4, 0.5) is 0 Å². The molecule has 0 bridgehead atoms. The number of esters is 3. The minimum absolute atomic E-state index is 0.0760. The Balaban J connectivity index is 4.29. The number of allylic oxidation sites excluding steroid dienone is 10. The zero-order chi connectivity index (χ0) is 56.4. The molecule has 0 aromatic carbocycles. The summed E-state index contributed by atoms with van der Waals surface area (Å²) < 4.78 is 17.0. The number of ether oxygens (including phenoxy) is 3. The van der Waals surface area contributed by atoms with E-state index in [0.29, 0.717) is 19.3 Å². The molecule has 0 aromatic heterocycles. The number of hydrogen-bond donors (Lipinski definition) is 0. The largest absolute Gasteiger partial charge is 0.462 e. The number of hydrogen-bond acceptors (Lipinski definition) is 6. The summed E-state index contributed by atoms with van der Waals surface area (Å²) in [5.74, 6) is -0.869. The monoisotopic (exact) mass is 1090 g/mol. The predicted octanol–water partition coefficient (Wildman–Crippen LogP) is 23.5. The summed E-state index contributed by atoms with van der Waals surface area (Å²) in [6.45, 7) is 6.65. The van der Waals surface area contributed by atoms with Gasteiger partial charge in [-0.15, -0.1) is 0 Å². The summed E-state index contributed by atoms with van der Waals surface area (Å²) in [5.41, 5.74) is 0. The van der Waals surface area contributed by atoms with Gasteiger partial charge in [0.25, 0.3) is 0 Å². The van der Waals surface area contributed by atoms with E-state index in [0.717, 1.165) is 89.9 Å². The summed E-state index contributed by atoms with van der Waals surface area (Å²) in [7, 11) is 0. The second-order valence-electron chi connectivity index (χ2n) is 23.1. The topological polar surface area (TPSA) is 78.9 Å². The fourth-order valence-electron chi connectivity index (χ4n) is 10.1. The first kappa shape index (κ1) is 75.1. The van der Waals surface area contributed by atoms with E-state index in [4.69, 9.17) is 14.2 Å². The smallest absolute Gasteiger partial charge is 0.306 e. The molecule has 0 N–H and O–H groups in total. The summed E-state index contributed by atoms with van der Waals surface area (Å²) in [4.78, 5) is 38.4. The second-order valence-corrected chi connectivity index (χ2v) is 23.1. The highest BCUT2D eigenvalue weighted by Crippen LogP contribution is 2.17. The highest BCUT2D eigenvalue weighted by Gasteiger charge is 2.19. The first-order valence-electron chi connectivity index (χ1n) is 34.3. The number of unbranched alkanes of at least 4 members (excludes halogenated alkanes) is 42. The summed E-state index contributed by atoms with van der Waals surface area (Å²) in [6, 6.07) is 0. The van der Waals surface area contributed by atoms with Crippen molar-refractivity contribution >= 4 is 17.9 Å². The van der Waals surface area contributed by atoms with Crippen LogP contribution in [0.25, 0.3) is 0 Å². The van der Waals surface area contributed by atoms with E-state index in [-0.39, 0.29) is 31.1 Å². The molecule has 6 nitrogen and oxygen atoms in total. The SMILES string of the molecule is CCCCCC/C=C\C/C=C\CCCCCCCC(=O)OCC(COC(=O)CCCCCCCCCCCCCC/C=C\C/C=C\C/C=C\CCCCCCC)OC(=O)CCCCCCCCCCCCCCCCCCC. The van der Waals surface area contributed by atoms with Crippen LogP contribution >= 0.6 is 0 Å². The number of carbonyl (C=O) groups excluding carboxylic acids is 3. The van der Waals surface area contributed by atoms with Crippen LogP contribution < -0.4 is 0 Å². The Kier molecular flexibility index (Phi) is 64.2. The molecule has 1 atom stereocenters. The van der Waals surface area contributed by atoms with Crippen LogP contribution in [0.2, 0.25) is 0 Å². The molecule has 0 aliphatic rings. The van der Waals surface area contributed by atoms with Crippen molar-refractivity contribution in [3.05, 3.63) is 60.8 Å². The summed E-state index contributed by atoms with van der Waals surface area (Å²) >= 11 is 0. The average molecular weight is 1090 g/mol. The van der Waals surface area contributed by atoms with Crippen molar-refractivity contribution in [1.29, 1.82) is 0 Å². The van der Waals surface area contributed by atoms with E-state index in [9.17, 15) is 14.4 Å². The van der Waals surface area contributed by atoms with Crippen LogP contribution in [0.1, 0.15) is 361 Å². The second kappa shape index (κ2) is 66.6. The molecule has 0 spiro atoms. The molecule has 6 heteroatoms. The normalized spacial score (nSPS) is 12.4. The molecule has 0 aromatic rings. The van der Waals surface area contributed by atoms with Crippen molar-refractivity contribution in [2.75, 3.05) is 13.2 Å². The third-order valence-corrected chi connectivity index (χ3v) is 15.2. The zero-order valence-corrected chi connectivity index (χ0v) is 52.2. The minimum atomic E-state index is -0.780. The highest BCUT2D eigenvalue weighted by atomic mass is 16.6. The standard InChI is InChI=1S/C72H130O6/c1-4-7-10-13-16-19-22-25-28-31-32-33-34-35-36-37-38-39-40-42-44-47-50-53-56-59-62-65-71(74)77-68-69(67-76-70(73)64-61-58-55-52-49-46-43-30-27-24-21-18-15-12-9-6-3)78-72(75)66-63-60-57-54-51-48-45-41-29-26-23-20-17-14-11-8-5-2/h21-22,24-25,30-32,34-35,43,69H,4-20,23,26-29,33,36-42,44-68H2,1-3H3/b24-21-,25-22-,32-31-,35-34-,43-30-. The van der Waals surface area contributed by atoms with Crippen LogP contribution in [-0.4, -0.2) is 37.2 Å². The first-order valence-corrected chi connectivity index (χ1v) is 34.3. The fourth-order valence-corrected chi connectivity index (χ4v) is 10.1. The maximum Gasteiger partial charge on any atom is 0.306 e. The minimum Gasteiger partial charge on any atom is -0.462 e. The molecule has 0 aliphatic carbocycles. The van der Waals surface area contributed by atoms with Crippen molar-refractivity contribution in [3.63, 3.8) is 0 Å². The zero-order valence-electron chi connectivity index (χ0n) is 52.2. The van der Waals surface area contributed by atoms with Gasteiger partial charge in [-0.05, 0) is 89.9 Å². The van der Waals surface area contributed by atoms with Crippen LogP contribution in [0.15, 0.2) is 60.8 Å². The highest BCUT2D eigenvalue weighted by molar-refractivity contribution is 5.71. The molecule has 78 heavy (non-hydrogen) atoms. The van der Waals surface area contributed by atoms with Crippen molar-refractivity contribution in [1.82, 2.24) is 0 Å². The van der Waals surface area contributed by atoms with E-state index in [2.05, 4.69) is 81.5 Å². The van der Waals surface area contributed by atoms with E-state index in [1.165, 1.54) is 231 Å². The molecule has 0 rings (SSSR count). The van der Waals surface area contributed by atoms with Crippen molar-refractivity contribution in [3.8, 4) is 0 Å². The maximum atomic E-state index is 12.9. The van der Waals surface area contributed by atoms with Gasteiger partial charge in [0.05, 0.1) is 0 Å². The molecule has 0 saturated carbocycles. The molecule has 0 saturated heterocycles. The molecule has 0 fully saturated rings. The maximum absolute atomic E-state index is 12.9. The Labute approximate surface area is 485 Å². The van der Waals surface area contributed by atoms with Gasteiger partial charge in [-0.2, -0.15) is 0 Å². The lowest BCUT2D eigenvalue weighted by molar-refractivity contribution is -0.167. The summed E-state index contributed by atoms with van der Waals surface area (Å²) in [5, 5.41) is 0. The van der Waals surface area contributed by atoms with Gasteiger partial charge in [-0.25, -0.2) is 0 Å².